The lowest BCUT2D eigenvalue weighted by Gasteiger charge is -2.10. The van der Waals surface area contributed by atoms with E-state index in [-0.39, 0.29) is 47.7 Å². The van der Waals surface area contributed by atoms with Gasteiger partial charge in [0.05, 0.1) is 17.4 Å². The van der Waals surface area contributed by atoms with E-state index in [2.05, 4.69) is 30.3 Å². The van der Waals surface area contributed by atoms with Crippen LogP contribution in [0.3, 0.4) is 0 Å². The standard InChI is InChI=1S/C14H17N7O6S/c1-28(26,27)17-3-2-16-13-19-12(15)20-14(21-13)18-9-5-7(10(22)23)4-8(6-9)11(24)25/h4-6,17H,2-3H2,1H3,(H,22,23)(H,24,25)(H4,15,16,18,19,20,21). The number of aromatic nitrogens is 3. The summed E-state index contributed by atoms with van der Waals surface area (Å²) in [6.07, 6.45) is 1.02. The predicted molar refractivity (Wildman–Crippen MR) is 99.2 cm³/mol. The molecule has 0 saturated heterocycles. The second-order valence-corrected chi connectivity index (χ2v) is 7.30. The van der Waals surface area contributed by atoms with Gasteiger partial charge in [-0.05, 0) is 18.2 Å². The van der Waals surface area contributed by atoms with Gasteiger partial charge in [-0.1, -0.05) is 0 Å². The number of anilines is 4. The first-order chi connectivity index (χ1) is 13.0. The van der Waals surface area contributed by atoms with Crippen molar-refractivity contribution in [1.82, 2.24) is 19.7 Å². The van der Waals surface area contributed by atoms with E-state index in [0.717, 1.165) is 12.3 Å². The minimum atomic E-state index is -3.33. The summed E-state index contributed by atoms with van der Waals surface area (Å²) in [6.45, 7) is 0.240. The summed E-state index contributed by atoms with van der Waals surface area (Å²) in [5.41, 5.74) is 5.24. The van der Waals surface area contributed by atoms with Gasteiger partial charge in [-0.25, -0.2) is 22.7 Å². The average Bonchev–Trinajstić information content (AvgIpc) is 2.57. The Labute approximate surface area is 159 Å². The van der Waals surface area contributed by atoms with Crippen molar-refractivity contribution >= 4 is 45.5 Å². The minimum Gasteiger partial charge on any atom is -0.478 e. The summed E-state index contributed by atoms with van der Waals surface area (Å²) in [7, 11) is -3.33. The van der Waals surface area contributed by atoms with E-state index in [0.29, 0.717) is 0 Å². The molecule has 0 aliphatic rings. The molecule has 28 heavy (non-hydrogen) atoms. The van der Waals surface area contributed by atoms with Crippen molar-refractivity contribution in [2.24, 2.45) is 0 Å². The number of nitrogens with two attached hydrogens (primary N) is 1. The van der Waals surface area contributed by atoms with Crippen LogP contribution in [-0.4, -0.2) is 64.9 Å². The number of nitrogen functional groups attached to an aromatic ring is 1. The fourth-order valence-electron chi connectivity index (χ4n) is 2.01. The van der Waals surface area contributed by atoms with Gasteiger partial charge in [-0.2, -0.15) is 15.0 Å². The molecule has 14 heteroatoms. The summed E-state index contributed by atoms with van der Waals surface area (Å²) < 4.78 is 24.3. The van der Waals surface area contributed by atoms with E-state index in [4.69, 9.17) is 15.9 Å². The lowest BCUT2D eigenvalue weighted by molar-refractivity contribution is 0.0696. The number of carbonyl (C=O) groups is 2. The van der Waals surface area contributed by atoms with Crippen LogP contribution in [0.25, 0.3) is 0 Å². The highest BCUT2D eigenvalue weighted by atomic mass is 32.2. The molecular formula is C14H17N7O6S. The Bertz CT molecular complexity index is 979. The van der Waals surface area contributed by atoms with Crippen molar-refractivity contribution in [3.63, 3.8) is 0 Å². The van der Waals surface area contributed by atoms with Crippen LogP contribution in [0.4, 0.5) is 23.5 Å². The molecule has 0 bridgehead atoms. The van der Waals surface area contributed by atoms with Gasteiger partial charge >= 0.3 is 11.9 Å². The summed E-state index contributed by atoms with van der Waals surface area (Å²) in [5.74, 6) is -2.80. The van der Waals surface area contributed by atoms with Crippen LogP contribution in [0, 0.1) is 0 Å². The highest BCUT2D eigenvalue weighted by molar-refractivity contribution is 7.88. The van der Waals surface area contributed by atoms with E-state index in [1.54, 1.807) is 0 Å². The number of rotatable bonds is 9. The van der Waals surface area contributed by atoms with Gasteiger partial charge in [0.25, 0.3) is 0 Å². The zero-order valence-corrected chi connectivity index (χ0v) is 15.3. The van der Waals surface area contributed by atoms with Crippen molar-refractivity contribution in [2.75, 3.05) is 35.7 Å². The number of carboxylic acids is 2. The van der Waals surface area contributed by atoms with Gasteiger partial charge in [0, 0.05) is 18.8 Å². The van der Waals surface area contributed by atoms with Gasteiger partial charge in [-0.15, -0.1) is 0 Å². The Morgan fingerprint density at radius 2 is 1.57 bits per heavy atom. The normalized spacial score (nSPS) is 11.0. The maximum absolute atomic E-state index is 11.2. The van der Waals surface area contributed by atoms with Gasteiger partial charge < -0.3 is 26.6 Å². The Morgan fingerprint density at radius 1 is 1.00 bits per heavy atom. The third-order valence-corrected chi connectivity index (χ3v) is 3.84. The highest BCUT2D eigenvalue weighted by Gasteiger charge is 2.13. The topological polar surface area (TPSA) is 210 Å². The number of hydrogen-bond donors (Lipinski definition) is 6. The van der Waals surface area contributed by atoms with E-state index in [1.165, 1.54) is 12.1 Å². The molecule has 0 radical (unpaired) electrons. The minimum absolute atomic E-state index is 0.0400. The van der Waals surface area contributed by atoms with Crippen molar-refractivity contribution in [1.29, 1.82) is 0 Å². The van der Waals surface area contributed by atoms with Crippen LogP contribution in [0.15, 0.2) is 18.2 Å². The molecule has 1 heterocycles. The first kappa shape index (κ1) is 20.8. The number of nitrogens with zero attached hydrogens (tertiary/aromatic N) is 3. The van der Waals surface area contributed by atoms with Crippen LogP contribution in [-0.2, 0) is 10.0 Å². The second-order valence-electron chi connectivity index (χ2n) is 5.47. The lowest BCUT2D eigenvalue weighted by Crippen LogP contribution is -2.28. The molecule has 13 nitrogen and oxygen atoms in total. The molecule has 2 aromatic rings. The largest absolute Gasteiger partial charge is 0.478 e. The second kappa shape index (κ2) is 8.45. The molecule has 0 atom stereocenters. The zero-order valence-electron chi connectivity index (χ0n) is 14.5. The molecule has 0 amide bonds. The van der Waals surface area contributed by atoms with Crippen LogP contribution < -0.4 is 21.1 Å². The molecule has 7 N–H and O–H groups in total. The number of sulfonamides is 1. The fourth-order valence-corrected chi connectivity index (χ4v) is 2.49. The Balaban J connectivity index is 2.19. The van der Waals surface area contributed by atoms with E-state index < -0.39 is 22.0 Å². The molecular weight excluding hydrogens is 394 g/mol. The van der Waals surface area contributed by atoms with Crippen molar-refractivity contribution in [2.45, 2.75) is 0 Å². The Morgan fingerprint density at radius 3 is 2.11 bits per heavy atom. The molecule has 150 valence electrons. The Kier molecular flexibility index (Phi) is 6.27. The average molecular weight is 411 g/mol. The third-order valence-electron chi connectivity index (χ3n) is 3.11. The maximum Gasteiger partial charge on any atom is 0.335 e. The van der Waals surface area contributed by atoms with Crippen LogP contribution in [0.1, 0.15) is 20.7 Å². The molecule has 0 unspecified atom stereocenters. The lowest BCUT2D eigenvalue weighted by atomic mass is 10.1. The van der Waals surface area contributed by atoms with E-state index >= 15 is 0 Å². The molecule has 0 aliphatic carbocycles. The SMILES string of the molecule is CS(=O)(=O)NCCNc1nc(N)nc(Nc2cc(C(=O)O)cc(C(=O)O)c2)n1. The van der Waals surface area contributed by atoms with Gasteiger partial charge in [0.1, 0.15) is 0 Å². The fraction of sp³-hybridized carbons (Fsp3) is 0.214. The van der Waals surface area contributed by atoms with Crippen LogP contribution in [0.2, 0.25) is 0 Å². The number of hydrogen-bond acceptors (Lipinski definition) is 10. The highest BCUT2D eigenvalue weighted by Crippen LogP contribution is 2.19. The molecule has 0 aliphatic heterocycles. The predicted octanol–water partition coefficient (Wildman–Crippen LogP) is -0.445. The van der Waals surface area contributed by atoms with E-state index in [9.17, 15) is 18.0 Å². The third kappa shape index (κ3) is 6.33. The van der Waals surface area contributed by atoms with Gasteiger partial charge in [0.15, 0.2) is 0 Å². The summed E-state index contributed by atoms with van der Waals surface area (Å²) in [4.78, 5) is 34.0. The number of nitrogens with one attached hydrogen (secondary N) is 3. The van der Waals surface area contributed by atoms with Gasteiger partial charge in [-0.3, -0.25) is 0 Å². The first-order valence-electron chi connectivity index (χ1n) is 7.62. The maximum atomic E-state index is 11.2. The number of benzene rings is 1. The summed E-state index contributed by atoms with van der Waals surface area (Å²) in [6, 6.07) is 3.43. The van der Waals surface area contributed by atoms with Crippen LogP contribution in [0.5, 0.6) is 0 Å². The molecule has 1 aromatic heterocycles. The Hall–Kier alpha value is -3.52. The van der Waals surface area contributed by atoms with Crippen molar-refractivity contribution in [3.8, 4) is 0 Å². The van der Waals surface area contributed by atoms with E-state index in [1.807, 2.05) is 0 Å². The summed E-state index contributed by atoms with van der Waals surface area (Å²) >= 11 is 0. The van der Waals surface area contributed by atoms with Crippen LogP contribution >= 0.6 is 0 Å². The smallest absolute Gasteiger partial charge is 0.335 e. The molecule has 0 saturated carbocycles. The summed E-state index contributed by atoms with van der Waals surface area (Å²) in [5, 5.41) is 23.6. The molecule has 0 fully saturated rings. The monoisotopic (exact) mass is 411 g/mol. The van der Waals surface area contributed by atoms with Crippen molar-refractivity contribution in [3.05, 3.63) is 29.3 Å². The van der Waals surface area contributed by atoms with Crippen molar-refractivity contribution < 1.29 is 28.2 Å². The van der Waals surface area contributed by atoms with Gasteiger partial charge in [0.2, 0.25) is 27.9 Å². The zero-order chi connectivity index (χ0) is 20.9. The molecule has 1 aromatic carbocycles. The number of carboxylic acid groups (broad SMARTS) is 2. The molecule has 0 spiro atoms. The number of aromatic carboxylic acids is 2. The molecule has 2 rings (SSSR count). The first-order valence-corrected chi connectivity index (χ1v) is 9.51. The quantitative estimate of drug-likeness (QED) is 0.290.